The second-order valence-electron chi connectivity index (χ2n) is 2.72. The summed E-state index contributed by atoms with van der Waals surface area (Å²) < 4.78 is -0.309. The van der Waals surface area contributed by atoms with Crippen LogP contribution in [-0.4, -0.2) is 4.53 Å². The Morgan fingerprint density at radius 1 is 1.08 bits per heavy atom. The van der Waals surface area contributed by atoms with Crippen molar-refractivity contribution >= 4 is 38.9 Å². The molecule has 0 aliphatic heterocycles. The number of nitrogens with zero attached hydrogens (tertiary/aromatic N) is 1. The Hall–Kier alpha value is 0.0849. The Morgan fingerprint density at radius 3 is 1.75 bits per heavy atom. The first-order chi connectivity index (χ1) is 5.43. The van der Waals surface area contributed by atoms with Crippen LogP contribution in [0.4, 0.5) is 0 Å². The summed E-state index contributed by atoms with van der Waals surface area (Å²) in [6.07, 6.45) is 0. The molecule has 0 aliphatic rings. The molecular formula is C7H9BCl3N. The molecule has 5 heteroatoms. The van der Waals surface area contributed by atoms with Gasteiger partial charge in [-0.2, -0.15) is 0 Å². The van der Waals surface area contributed by atoms with Crippen molar-refractivity contribution in [3.63, 3.8) is 0 Å². The second kappa shape index (κ2) is 3.45. The third kappa shape index (κ3) is 2.06. The van der Waals surface area contributed by atoms with Crippen LogP contribution in [0.1, 0.15) is 11.4 Å². The van der Waals surface area contributed by atoms with Crippen LogP contribution in [0.2, 0.25) is 0 Å². The molecule has 0 bridgehead atoms. The smallest absolute Gasteiger partial charge is 0.380 e. The molecule has 0 aromatic carbocycles. The Balaban J connectivity index is 3.31. The van der Waals surface area contributed by atoms with Crippen LogP contribution in [0.15, 0.2) is 18.2 Å². The lowest BCUT2D eigenvalue weighted by Crippen LogP contribution is -2.57. The van der Waals surface area contributed by atoms with Crippen LogP contribution in [0.5, 0.6) is 0 Å². The summed E-state index contributed by atoms with van der Waals surface area (Å²) in [6, 6.07) is 5.76. The molecule has 0 atom stereocenters. The van der Waals surface area contributed by atoms with E-state index in [1.165, 1.54) is 0 Å². The van der Waals surface area contributed by atoms with Gasteiger partial charge in [0.15, 0.2) is 0 Å². The van der Waals surface area contributed by atoms with Gasteiger partial charge in [-0.15, -0.1) is 0 Å². The summed E-state index contributed by atoms with van der Waals surface area (Å²) in [6.45, 7) is 3.83. The summed E-state index contributed by atoms with van der Waals surface area (Å²) in [5, 5.41) is 0. The first-order valence-electron chi connectivity index (χ1n) is 3.60. The van der Waals surface area contributed by atoms with E-state index in [2.05, 4.69) is 0 Å². The van der Waals surface area contributed by atoms with Gasteiger partial charge in [0, 0.05) is 26.0 Å². The minimum Gasteiger partial charge on any atom is -0.380 e. The standard InChI is InChI=1S/C7H9BCl3N/c1-6-4-3-5-7(2)12(6)8(9,10)11/h3-5H,1-2H3. The van der Waals surface area contributed by atoms with E-state index in [0.29, 0.717) is 0 Å². The molecule has 0 amide bonds. The van der Waals surface area contributed by atoms with Crippen LogP contribution in [0.3, 0.4) is 0 Å². The molecule has 0 saturated carbocycles. The van der Waals surface area contributed by atoms with Gasteiger partial charge in [-0.05, 0) is 0 Å². The maximum Gasteiger partial charge on any atom is 0.534 e. The molecular weight excluding hydrogens is 215 g/mol. The van der Waals surface area contributed by atoms with Gasteiger partial charge in [-0.3, -0.25) is 34.4 Å². The Morgan fingerprint density at radius 2 is 1.50 bits per heavy atom. The number of pyridine rings is 1. The van der Waals surface area contributed by atoms with Crippen molar-refractivity contribution < 1.29 is 4.48 Å². The zero-order valence-electron chi connectivity index (χ0n) is 6.89. The highest BCUT2D eigenvalue weighted by atomic mass is 35.6. The van der Waals surface area contributed by atoms with E-state index >= 15 is 0 Å². The molecule has 1 rings (SSSR count). The fourth-order valence-corrected chi connectivity index (χ4v) is 2.15. The molecule has 1 aromatic rings. The molecule has 1 aromatic heterocycles. The Labute approximate surface area is 86.9 Å². The summed E-state index contributed by atoms with van der Waals surface area (Å²) >= 11 is 17.5. The first kappa shape index (κ1) is 10.2. The topological polar surface area (TPSA) is 3.88 Å². The Bertz CT molecular complexity index is 275. The van der Waals surface area contributed by atoms with E-state index in [1.54, 1.807) is 4.48 Å². The van der Waals surface area contributed by atoms with Crippen LogP contribution in [-0.2, 0) is 0 Å². The number of aromatic nitrogens is 1. The first-order valence-corrected chi connectivity index (χ1v) is 4.91. The van der Waals surface area contributed by atoms with Gasteiger partial charge in [0.25, 0.3) is 0 Å². The normalized spacial score (nSPS) is 11.8. The molecule has 0 fully saturated rings. The molecule has 0 radical (unpaired) electrons. The third-order valence-corrected chi connectivity index (χ3v) is 2.31. The maximum absolute atomic E-state index is 5.83. The highest BCUT2D eigenvalue weighted by Crippen LogP contribution is 2.17. The number of rotatable bonds is 1. The average molecular weight is 224 g/mol. The molecule has 12 heavy (non-hydrogen) atoms. The fourth-order valence-electron chi connectivity index (χ4n) is 1.23. The van der Waals surface area contributed by atoms with E-state index in [1.807, 2.05) is 32.0 Å². The van der Waals surface area contributed by atoms with Gasteiger partial charge in [0.2, 0.25) is 0 Å². The fraction of sp³-hybridized carbons (Fsp3) is 0.286. The minimum atomic E-state index is -2.02. The highest BCUT2D eigenvalue weighted by molar-refractivity contribution is 7.61. The number of aryl methyl sites for hydroxylation is 2. The molecule has 0 N–H and O–H groups in total. The van der Waals surface area contributed by atoms with Gasteiger partial charge in [0.1, 0.15) is 11.4 Å². The summed E-state index contributed by atoms with van der Waals surface area (Å²) in [5.74, 6) is 0. The highest BCUT2D eigenvalue weighted by Gasteiger charge is 2.30. The third-order valence-electron chi connectivity index (χ3n) is 1.73. The molecule has 66 valence electrons. The van der Waals surface area contributed by atoms with Crippen molar-refractivity contribution in [1.82, 2.24) is 0 Å². The average Bonchev–Trinajstić information content (AvgIpc) is 1.82. The zero-order chi connectivity index (χ0) is 9.35. The SMILES string of the molecule is Cc1cccc(C)[n+]1[B-](Cl)(Cl)Cl. The predicted molar refractivity (Wildman–Crippen MR) is 54.8 cm³/mol. The summed E-state index contributed by atoms with van der Waals surface area (Å²) in [5.41, 5.74) is 1.91. The van der Waals surface area contributed by atoms with Crippen molar-refractivity contribution in [2.24, 2.45) is 0 Å². The molecule has 1 heterocycles. The number of hydrogen-bond acceptors (Lipinski definition) is 0. The van der Waals surface area contributed by atoms with Gasteiger partial charge in [-0.1, -0.05) is 6.07 Å². The van der Waals surface area contributed by atoms with Crippen molar-refractivity contribution in [1.29, 1.82) is 0 Å². The zero-order valence-corrected chi connectivity index (χ0v) is 9.16. The second-order valence-corrected chi connectivity index (χ2v) is 5.28. The van der Waals surface area contributed by atoms with Crippen LogP contribution in [0.25, 0.3) is 0 Å². The molecule has 0 saturated heterocycles. The number of hydrogen-bond donors (Lipinski definition) is 0. The van der Waals surface area contributed by atoms with E-state index in [-0.39, 0.29) is 0 Å². The van der Waals surface area contributed by atoms with Crippen molar-refractivity contribution in [3.05, 3.63) is 29.6 Å². The van der Waals surface area contributed by atoms with E-state index in [0.717, 1.165) is 11.4 Å². The quantitative estimate of drug-likeness (QED) is 0.646. The minimum absolute atomic E-state index is 0.954. The predicted octanol–water partition coefficient (Wildman–Crippen LogP) is 2.59. The lowest BCUT2D eigenvalue weighted by atomic mass is 10.2. The number of halogens is 3. The molecule has 0 aliphatic carbocycles. The van der Waals surface area contributed by atoms with Crippen molar-refractivity contribution in [2.45, 2.75) is 13.8 Å². The van der Waals surface area contributed by atoms with Crippen molar-refractivity contribution in [3.8, 4) is 0 Å². The van der Waals surface area contributed by atoms with Gasteiger partial charge in [-0.25, -0.2) is 0 Å². The molecule has 1 nitrogen and oxygen atoms in total. The molecule has 0 spiro atoms. The lowest BCUT2D eigenvalue weighted by molar-refractivity contribution is -0.548. The van der Waals surface area contributed by atoms with Crippen LogP contribution >= 0.6 is 34.4 Å². The van der Waals surface area contributed by atoms with Gasteiger partial charge in [0.05, 0.1) is 0 Å². The summed E-state index contributed by atoms with van der Waals surface area (Å²) in [4.78, 5) is 0. The van der Waals surface area contributed by atoms with Gasteiger partial charge >= 0.3 is 4.53 Å². The maximum atomic E-state index is 5.83. The largest absolute Gasteiger partial charge is 0.534 e. The van der Waals surface area contributed by atoms with E-state index < -0.39 is 4.53 Å². The van der Waals surface area contributed by atoms with Crippen molar-refractivity contribution in [2.75, 3.05) is 0 Å². The lowest BCUT2D eigenvalue weighted by Gasteiger charge is -2.18. The monoisotopic (exact) mass is 223 g/mol. The van der Waals surface area contributed by atoms with Gasteiger partial charge < -0.3 is 4.48 Å². The summed E-state index contributed by atoms with van der Waals surface area (Å²) in [7, 11) is 0. The van der Waals surface area contributed by atoms with E-state index in [9.17, 15) is 0 Å². The van der Waals surface area contributed by atoms with Crippen LogP contribution in [0, 0.1) is 13.8 Å². The van der Waals surface area contributed by atoms with Crippen LogP contribution < -0.4 is 4.48 Å². The Kier molecular flexibility index (Phi) is 2.92. The molecule has 0 unspecified atom stereocenters. The van der Waals surface area contributed by atoms with E-state index in [4.69, 9.17) is 34.4 Å².